The Morgan fingerprint density at radius 1 is 1.44 bits per heavy atom. The summed E-state index contributed by atoms with van der Waals surface area (Å²) in [6.07, 6.45) is 4.16. The predicted molar refractivity (Wildman–Crippen MR) is 72.7 cm³/mol. The summed E-state index contributed by atoms with van der Waals surface area (Å²) in [5.74, 6) is 0.00660. The number of rotatable bonds is 3. The van der Waals surface area contributed by atoms with Gasteiger partial charge in [0.25, 0.3) is 0 Å². The predicted octanol–water partition coefficient (Wildman–Crippen LogP) is 3.22. The van der Waals surface area contributed by atoms with Gasteiger partial charge in [0.2, 0.25) is 0 Å². The Labute approximate surface area is 115 Å². The van der Waals surface area contributed by atoms with Crippen molar-refractivity contribution in [2.45, 2.75) is 38.1 Å². The number of hydrogen-bond donors (Lipinski definition) is 1. The van der Waals surface area contributed by atoms with Crippen LogP contribution in [0.15, 0.2) is 22.7 Å². The fraction of sp³-hybridized carbons (Fsp3) is 0.500. The van der Waals surface area contributed by atoms with Gasteiger partial charge >= 0.3 is 0 Å². The topological polar surface area (TPSA) is 43.1 Å². The molecule has 1 aromatic rings. The van der Waals surface area contributed by atoms with E-state index in [1.54, 1.807) is 12.1 Å². The van der Waals surface area contributed by atoms with Crippen LogP contribution in [0.3, 0.4) is 0 Å². The monoisotopic (exact) mass is 313 g/mol. The molecular weight excluding hydrogens is 297 g/mol. The van der Waals surface area contributed by atoms with Crippen LogP contribution in [-0.4, -0.2) is 11.8 Å². The molecule has 0 aromatic heterocycles. The van der Waals surface area contributed by atoms with E-state index in [-0.39, 0.29) is 23.6 Å². The minimum absolute atomic E-state index is 0.0811. The molecule has 2 atom stereocenters. The van der Waals surface area contributed by atoms with Crippen LogP contribution in [0.1, 0.15) is 31.2 Å². The van der Waals surface area contributed by atoms with E-state index < -0.39 is 0 Å². The van der Waals surface area contributed by atoms with Gasteiger partial charge in [-0.3, -0.25) is 4.79 Å². The minimum atomic E-state index is -0.300. The number of carbonyl (C=O) groups is 1. The zero-order valence-corrected chi connectivity index (χ0v) is 11.7. The summed E-state index contributed by atoms with van der Waals surface area (Å²) in [7, 11) is 0. The molecule has 0 spiro atoms. The van der Waals surface area contributed by atoms with Crippen LogP contribution in [0, 0.1) is 11.7 Å². The third-order valence-electron chi connectivity index (χ3n) is 3.53. The molecule has 2 unspecified atom stereocenters. The Bertz CT molecular complexity index is 449. The molecule has 0 saturated heterocycles. The summed E-state index contributed by atoms with van der Waals surface area (Å²) in [6, 6.07) is 4.89. The Hall–Kier alpha value is -0.740. The fourth-order valence-electron chi connectivity index (χ4n) is 2.52. The molecule has 98 valence electrons. The lowest BCUT2D eigenvalue weighted by molar-refractivity contribution is -0.123. The number of carbonyl (C=O) groups excluding carboxylic acids is 1. The van der Waals surface area contributed by atoms with Gasteiger partial charge in [0, 0.05) is 18.4 Å². The van der Waals surface area contributed by atoms with Crippen molar-refractivity contribution in [3.8, 4) is 0 Å². The maximum absolute atomic E-state index is 13.1. The first kappa shape index (κ1) is 13.7. The van der Waals surface area contributed by atoms with Gasteiger partial charge in [-0.25, -0.2) is 4.39 Å². The lowest BCUT2D eigenvalue weighted by Gasteiger charge is -2.25. The zero-order valence-electron chi connectivity index (χ0n) is 10.2. The van der Waals surface area contributed by atoms with E-state index in [9.17, 15) is 9.18 Å². The number of halogens is 2. The van der Waals surface area contributed by atoms with Gasteiger partial charge in [-0.15, -0.1) is 0 Å². The third-order valence-corrected chi connectivity index (χ3v) is 4.14. The molecule has 0 bridgehead atoms. The SMILES string of the molecule is NC1CCCC(C(=O)Cc2ccc(F)c(Br)c2)C1. The van der Waals surface area contributed by atoms with E-state index in [1.807, 2.05) is 0 Å². The smallest absolute Gasteiger partial charge is 0.140 e. The largest absolute Gasteiger partial charge is 0.328 e. The van der Waals surface area contributed by atoms with Gasteiger partial charge in [0.15, 0.2) is 0 Å². The van der Waals surface area contributed by atoms with E-state index >= 15 is 0 Å². The first-order valence-corrected chi connectivity index (χ1v) is 7.08. The van der Waals surface area contributed by atoms with E-state index in [0.29, 0.717) is 10.9 Å². The number of benzene rings is 1. The van der Waals surface area contributed by atoms with Crippen LogP contribution >= 0.6 is 15.9 Å². The Morgan fingerprint density at radius 2 is 2.22 bits per heavy atom. The second-order valence-electron chi connectivity index (χ2n) is 5.02. The number of nitrogens with two attached hydrogens (primary N) is 1. The summed E-state index contributed by atoms with van der Waals surface area (Å²) >= 11 is 3.14. The van der Waals surface area contributed by atoms with E-state index in [2.05, 4.69) is 15.9 Å². The normalized spacial score (nSPS) is 23.9. The van der Waals surface area contributed by atoms with Gasteiger partial charge in [0.1, 0.15) is 11.6 Å². The van der Waals surface area contributed by atoms with Crippen molar-refractivity contribution in [1.29, 1.82) is 0 Å². The number of ketones is 1. The van der Waals surface area contributed by atoms with Crippen molar-refractivity contribution in [3.05, 3.63) is 34.1 Å². The van der Waals surface area contributed by atoms with Crippen molar-refractivity contribution in [2.24, 2.45) is 11.7 Å². The summed E-state index contributed by atoms with van der Waals surface area (Å²) in [6.45, 7) is 0. The van der Waals surface area contributed by atoms with Crippen LogP contribution in [0.5, 0.6) is 0 Å². The lowest BCUT2D eigenvalue weighted by atomic mass is 9.82. The van der Waals surface area contributed by atoms with Crippen molar-refractivity contribution < 1.29 is 9.18 Å². The first-order valence-electron chi connectivity index (χ1n) is 6.28. The van der Waals surface area contributed by atoms with Crippen molar-refractivity contribution in [3.63, 3.8) is 0 Å². The number of hydrogen-bond acceptors (Lipinski definition) is 2. The molecule has 2 N–H and O–H groups in total. The second kappa shape index (κ2) is 5.93. The van der Waals surface area contributed by atoms with Crippen LogP contribution in [-0.2, 0) is 11.2 Å². The molecule has 0 heterocycles. The minimum Gasteiger partial charge on any atom is -0.328 e. The Morgan fingerprint density at radius 3 is 2.89 bits per heavy atom. The molecule has 2 rings (SSSR count). The molecule has 1 aliphatic carbocycles. The van der Waals surface area contributed by atoms with Crippen LogP contribution in [0.4, 0.5) is 4.39 Å². The third kappa shape index (κ3) is 3.39. The standard InChI is InChI=1S/C14H17BrFNO/c15-12-6-9(4-5-13(12)16)7-14(18)10-2-1-3-11(17)8-10/h4-6,10-11H,1-3,7-8,17H2. The molecule has 4 heteroatoms. The van der Waals surface area contributed by atoms with Gasteiger partial charge in [-0.2, -0.15) is 0 Å². The molecule has 0 radical (unpaired) electrons. The summed E-state index contributed by atoms with van der Waals surface area (Å²) < 4.78 is 13.5. The zero-order chi connectivity index (χ0) is 13.1. The van der Waals surface area contributed by atoms with Crippen molar-refractivity contribution in [1.82, 2.24) is 0 Å². The van der Waals surface area contributed by atoms with E-state index in [1.165, 1.54) is 6.07 Å². The average molecular weight is 314 g/mol. The second-order valence-corrected chi connectivity index (χ2v) is 5.87. The molecule has 0 amide bonds. The highest BCUT2D eigenvalue weighted by Gasteiger charge is 2.25. The van der Waals surface area contributed by atoms with Crippen molar-refractivity contribution >= 4 is 21.7 Å². The summed E-state index contributed by atoms with van der Waals surface area (Å²) in [5, 5.41) is 0. The molecule has 1 fully saturated rings. The molecule has 0 aliphatic heterocycles. The highest BCUT2D eigenvalue weighted by Crippen LogP contribution is 2.25. The molecule has 18 heavy (non-hydrogen) atoms. The highest BCUT2D eigenvalue weighted by atomic mass is 79.9. The van der Waals surface area contributed by atoms with Crippen molar-refractivity contribution in [2.75, 3.05) is 0 Å². The fourth-order valence-corrected chi connectivity index (χ4v) is 2.94. The van der Waals surface area contributed by atoms with E-state index in [4.69, 9.17) is 5.73 Å². The molecular formula is C14H17BrFNO. The molecule has 2 nitrogen and oxygen atoms in total. The van der Waals surface area contributed by atoms with Crippen LogP contribution < -0.4 is 5.73 Å². The van der Waals surface area contributed by atoms with Gasteiger partial charge in [-0.05, 0) is 52.9 Å². The lowest BCUT2D eigenvalue weighted by Crippen LogP contribution is -2.32. The van der Waals surface area contributed by atoms with Crippen LogP contribution in [0.25, 0.3) is 0 Å². The van der Waals surface area contributed by atoms with Gasteiger partial charge < -0.3 is 5.73 Å². The molecule has 1 aliphatic rings. The summed E-state index contributed by atoms with van der Waals surface area (Å²) in [5.41, 5.74) is 6.75. The molecule has 1 saturated carbocycles. The average Bonchev–Trinajstić information content (AvgIpc) is 2.34. The van der Waals surface area contributed by atoms with Crippen LogP contribution in [0.2, 0.25) is 0 Å². The maximum Gasteiger partial charge on any atom is 0.140 e. The first-order chi connectivity index (χ1) is 8.56. The number of Topliss-reactive ketones (excluding diaryl/α,β-unsaturated/α-hetero) is 1. The van der Waals surface area contributed by atoms with Gasteiger partial charge in [-0.1, -0.05) is 12.5 Å². The van der Waals surface area contributed by atoms with Gasteiger partial charge in [0.05, 0.1) is 4.47 Å². The van der Waals surface area contributed by atoms with E-state index in [0.717, 1.165) is 31.2 Å². The summed E-state index contributed by atoms with van der Waals surface area (Å²) in [4.78, 5) is 12.1. The Kier molecular flexibility index (Phi) is 4.51. The Balaban J connectivity index is 2.00. The molecule has 1 aromatic carbocycles. The maximum atomic E-state index is 13.1. The quantitative estimate of drug-likeness (QED) is 0.931. The highest BCUT2D eigenvalue weighted by molar-refractivity contribution is 9.10.